The van der Waals surface area contributed by atoms with E-state index >= 15 is 0 Å². The van der Waals surface area contributed by atoms with Crippen molar-refractivity contribution >= 4 is 11.9 Å². The molecule has 0 saturated heterocycles. The Morgan fingerprint density at radius 2 is 1.31 bits per heavy atom. The van der Waals surface area contributed by atoms with Gasteiger partial charge in [0.1, 0.15) is 19.3 Å². The number of ether oxygens (including phenoxy) is 2. The Labute approximate surface area is 257 Å². The fourth-order valence-corrected chi connectivity index (χ4v) is 4.19. The quantitative estimate of drug-likeness (QED) is 0.0410. The first-order valence-corrected chi connectivity index (χ1v) is 16.7. The van der Waals surface area contributed by atoms with Crippen LogP contribution in [-0.2, 0) is 19.1 Å². The Morgan fingerprint density at radius 1 is 0.690 bits per heavy atom. The van der Waals surface area contributed by atoms with Crippen LogP contribution in [0.4, 0.5) is 0 Å². The van der Waals surface area contributed by atoms with Gasteiger partial charge in [0.2, 0.25) is 0 Å². The van der Waals surface area contributed by atoms with Gasteiger partial charge in [-0.15, -0.1) is 0 Å². The highest BCUT2D eigenvalue weighted by molar-refractivity contribution is 5.69. The first kappa shape index (κ1) is 39.8. The van der Waals surface area contributed by atoms with Crippen LogP contribution >= 0.6 is 0 Å². The number of aliphatic hydroxyl groups is 2. The van der Waals surface area contributed by atoms with Crippen LogP contribution in [0.1, 0.15) is 136 Å². The van der Waals surface area contributed by atoms with Gasteiger partial charge in [0, 0.05) is 12.8 Å². The molecule has 0 spiro atoms. The van der Waals surface area contributed by atoms with E-state index in [0.29, 0.717) is 19.3 Å². The summed E-state index contributed by atoms with van der Waals surface area (Å²) in [6.07, 6.45) is 31.9. The van der Waals surface area contributed by atoms with Crippen molar-refractivity contribution in [3.63, 3.8) is 0 Å². The number of hydrogen-bond acceptors (Lipinski definition) is 6. The van der Waals surface area contributed by atoms with Gasteiger partial charge in [-0.2, -0.15) is 0 Å². The summed E-state index contributed by atoms with van der Waals surface area (Å²) in [5.41, 5.74) is 0. The van der Waals surface area contributed by atoms with E-state index in [1.165, 1.54) is 51.4 Å². The van der Waals surface area contributed by atoms with E-state index in [1.54, 1.807) is 6.08 Å². The number of rotatable bonds is 28. The van der Waals surface area contributed by atoms with Crippen molar-refractivity contribution in [1.82, 2.24) is 0 Å². The summed E-state index contributed by atoms with van der Waals surface area (Å²) >= 11 is 0. The Bertz CT molecular complexity index is 754. The zero-order chi connectivity index (χ0) is 31.1. The van der Waals surface area contributed by atoms with Gasteiger partial charge < -0.3 is 19.7 Å². The summed E-state index contributed by atoms with van der Waals surface area (Å²) < 4.78 is 10.2. The molecule has 6 heteroatoms. The van der Waals surface area contributed by atoms with Crippen molar-refractivity contribution in [2.45, 2.75) is 149 Å². The largest absolute Gasteiger partial charge is 0.463 e. The average Bonchev–Trinajstić information content (AvgIpc) is 2.98. The average molecular weight is 591 g/mol. The van der Waals surface area contributed by atoms with Crippen molar-refractivity contribution in [3.8, 4) is 0 Å². The molecule has 2 N–H and O–H groups in total. The highest BCUT2D eigenvalue weighted by atomic mass is 16.6. The molecule has 0 aliphatic carbocycles. The Balaban J connectivity index is 3.68. The maximum absolute atomic E-state index is 11.9. The predicted octanol–water partition coefficient (Wildman–Crippen LogP) is 8.72. The predicted molar refractivity (Wildman–Crippen MR) is 174 cm³/mol. The van der Waals surface area contributed by atoms with Crippen LogP contribution in [-0.4, -0.2) is 47.6 Å². The highest BCUT2D eigenvalue weighted by Crippen LogP contribution is 2.14. The number of allylic oxidation sites excluding steroid dienone is 6. The summed E-state index contributed by atoms with van der Waals surface area (Å²) in [5, 5.41) is 19.9. The van der Waals surface area contributed by atoms with E-state index in [2.05, 4.69) is 26.8 Å². The molecule has 1 unspecified atom stereocenters. The monoisotopic (exact) mass is 590 g/mol. The molecule has 0 aliphatic rings. The van der Waals surface area contributed by atoms with Gasteiger partial charge in [-0.05, 0) is 50.9 Å². The van der Waals surface area contributed by atoms with Crippen molar-refractivity contribution in [2.24, 2.45) is 5.92 Å². The molecule has 0 aromatic heterocycles. The van der Waals surface area contributed by atoms with Gasteiger partial charge in [-0.1, -0.05) is 127 Å². The molecule has 0 fully saturated rings. The molecule has 0 aromatic rings. The second kappa shape index (κ2) is 30.3. The first-order chi connectivity index (χ1) is 20.4. The minimum absolute atomic E-state index is 0.151. The Morgan fingerprint density at radius 3 is 2.00 bits per heavy atom. The second-order valence-corrected chi connectivity index (χ2v) is 11.4. The van der Waals surface area contributed by atoms with Crippen LogP contribution < -0.4 is 0 Å². The molecular formula is C36H62O6. The first-order valence-electron chi connectivity index (χ1n) is 16.7. The van der Waals surface area contributed by atoms with Crippen LogP contribution in [0.3, 0.4) is 0 Å². The van der Waals surface area contributed by atoms with E-state index in [4.69, 9.17) is 9.47 Å². The number of carbonyl (C=O) groups is 2. The minimum atomic E-state index is -1.00. The van der Waals surface area contributed by atoms with E-state index in [1.807, 2.05) is 36.5 Å². The van der Waals surface area contributed by atoms with Crippen molar-refractivity contribution in [3.05, 3.63) is 48.6 Å². The third-order valence-corrected chi connectivity index (χ3v) is 7.19. The normalized spacial score (nSPS) is 14.3. The molecule has 0 aromatic carbocycles. The molecule has 0 saturated carbocycles. The zero-order valence-electron chi connectivity index (χ0n) is 27.0. The fraction of sp³-hybridized carbons (Fsp3) is 0.722. The highest BCUT2D eigenvalue weighted by Gasteiger charge is 2.12. The van der Waals surface area contributed by atoms with Gasteiger partial charge in [-0.25, -0.2) is 0 Å². The zero-order valence-corrected chi connectivity index (χ0v) is 27.0. The molecule has 0 aliphatic heterocycles. The topological polar surface area (TPSA) is 93.1 Å². The molecule has 0 bridgehead atoms. The molecular weight excluding hydrogens is 528 g/mol. The number of carbonyl (C=O) groups excluding carboxylic acids is 2. The van der Waals surface area contributed by atoms with Crippen LogP contribution in [0, 0.1) is 5.92 Å². The number of unbranched alkanes of at least 4 members (excludes halogenated alkanes) is 9. The van der Waals surface area contributed by atoms with Crippen molar-refractivity contribution in [2.75, 3.05) is 13.2 Å². The molecule has 0 radical (unpaired) electrons. The van der Waals surface area contributed by atoms with Gasteiger partial charge in [-0.3, -0.25) is 9.59 Å². The lowest BCUT2D eigenvalue weighted by molar-refractivity contribution is -0.152. The van der Waals surface area contributed by atoms with Crippen LogP contribution in [0.25, 0.3) is 0 Å². The summed E-state index contributed by atoms with van der Waals surface area (Å²) in [4.78, 5) is 23.7. The number of hydrogen-bond donors (Lipinski definition) is 2. The van der Waals surface area contributed by atoms with Crippen LogP contribution in [0.5, 0.6) is 0 Å². The Hall–Kier alpha value is -2.18. The van der Waals surface area contributed by atoms with E-state index in [0.717, 1.165) is 44.4 Å². The summed E-state index contributed by atoms with van der Waals surface area (Å²) in [6, 6.07) is 0. The van der Waals surface area contributed by atoms with E-state index in [-0.39, 0.29) is 31.6 Å². The lowest BCUT2D eigenvalue weighted by Crippen LogP contribution is -2.25. The van der Waals surface area contributed by atoms with Crippen LogP contribution in [0.2, 0.25) is 0 Å². The number of esters is 2. The fourth-order valence-electron chi connectivity index (χ4n) is 4.19. The van der Waals surface area contributed by atoms with E-state index < -0.39 is 12.2 Å². The molecule has 42 heavy (non-hydrogen) atoms. The third-order valence-electron chi connectivity index (χ3n) is 7.19. The smallest absolute Gasteiger partial charge is 0.305 e. The maximum Gasteiger partial charge on any atom is 0.305 e. The van der Waals surface area contributed by atoms with Gasteiger partial charge in [0.05, 0.1) is 6.10 Å². The molecule has 3 atom stereocenters. The SMILES string of the molecule is CCCCC/C=C\C=C/[C@@H](O)C/C=C\C/C=C/CCCC(=O)OC[C@@H](O)COC(=O)CCCCCCCCC(C)CC. The van der Waals surface area contributed by atoms with Gasteiger partial charge in [0.15, 0.2) is 0 Å². The molecule has 242 valence electrons. The molecule has 0 rings (SSSR count). The lowest BCUT2D eigenvalue weighted by Gasteiger charge is -2.12. The second-order valence-electron chi connectivity index (χ2n) is 11.4. The standard InChI is InChI=1S/C36H62O6/c1-4-6-7-8-10-16-21-26-33(37)27-22-17-11-9-12-18-23-28-35(39)41-30-34(38)31-42-36(40)29-24-19-14-13-15-20-25-32(3)5-2/h9-10,12,16-17,21-22,26,32-34,37-38H,4-8,11,13-15,18-20,23-25,27-31H2,1-3H3/b12-9+,16-10-,22-17-,26-21-/t32?,33-,34-/m1/s1. The van der Waals surface area contributed by atoms with Gasteiger partial charge >= 0.3 is 11.9 Å². The molecule has 0 heterocycles. The maximum atomic E-state index is 11.9. The summed E-state index contributed by atoms with van der Waals surface area (Å²) in [7, 11) is 0. The minimum Gasteiger partial charge on any atom is -0.463 e. The van der Waals surface area contributed by atoms with E-state index in [9.17, 15) is 19.8 Å². The molecule has 0 amide bonds. The third kappa shape index (κ3) is 29.3. The summed E-state index contributed by atoms with van der Waals surface area (Å²) in [5.74, 6) is 0.140. The molecule has 6 nitrogen and oxygen atoms in total. The lowest BCUT2D eigenvalue weighted by atomic mass is 10.00. The van der Waals surface area contributed by atoms with Crippen molar-refractivity contribution < 1.29 is 29.3 Å². The number of aliphatic hydroxyl groups excluding tert-OH is 2. The van der Waals surface area contributed by atoms with Crippen molar-refractivity contribution in [1.29, 1.82) is 0 Å². The van der Waals surface area contributed by atoms with Crippen LogP contribution in [0.15, 0.2) is 48.6 Å². The summed E-state index contributed by atoms with van der Waals surface area (Å²) in [6.45, 7) is 6.42. The van der Waals surface area contributed by atoms with Gasteiger partial charge in [0.25, 0.3) is 0 Å². The Kier molecular flexibility index (Phi) is 28.7.